The molecule has 0 aliphatic carbocycles. The number of para-hydroxylation sites is 2. The van der Waals surface area contributed by atoms with Gasteiger partial charge in [-0.3, -0.25) is 0 Å². The standard InChI is InChI=1S/C15H15N3/c1-10-6-3-4-8-12(10)16-15-17-13-9-5-7-11(2)14(13)18-15/h3-9H,1-2H3,(H2,16,17,18). The molecule has 0 unspecified atom stereocenters. The lowest BCUT2D eigenvalue weighted by Gasteiger charge is -2.05. The Labute approximate surface area is 106 Å². The third kappa shape index (κ3) is 1.84. The van der Waals surface area contributed by atoms with E-state index in [2.05, 4.69) is 47.3 Å². The number of rotatable bonds is 2. The zero-order chi connectivity index (χ0) is 12.5. The minimum Gasteiger partial charge on any atom is -0.326 e. The number of aryl methyl sites for hydroxylation is 2. The van der Waals surface area contributed by atoms with E-state index in [1.54, 1.807) is 0 Å². The van der Waals surface area contributed by atoms with Crippen molar-refractivity contribution in [2.24, 2.45) is 0 Å². The molecule has 2 aromatic carbocycles. The smallest absolute Gasteiger partial charge is 0.205 e. The highest BCUT2D eigenvalue weighted by molar-refractivity contribution is 5.81. The molecule has 90 valence electrons. The maximum Gasteiger partial charge on any atom is 0.205 e. The molecule has 0 radical (unpaired) electrons. The molecule has 1 aromatic heterocycles. The highest BCUT2D eigenvalue weighted by Crippen LogP contribution is 2.22. The summed E-state index contributed by atoms with van der Waals surface area (Å²) >= 11 is 0. The Hall–Kier alpha value is -2.29. The van der Waals surface area contributed by atoms with Crippen molar-refractivity contribution in [2.75, 3.05) is 5.32 Å². The van der Waals surface area contributed by atoms with Gasteiger partial charge < -0.3 is 10.3 Å². The van der Waals surface area contributed by atoms with Gasteiger partial charge >= 0.3 is 0 Å². The largest absolute Gasteiger partial charge is 0.326 e. The van der Waals surface area contributed by atoms with Gasteiger partial charge in [-0.15, -0.1) is 0 Å². The van der Waals surface area contributed by atoms with Gasteiger partial charge in [0.05, 0.1) is 11.0 Å². The lowest BCUT2D eigenvalue weighted by molar-refractivity contribution is 1.29. The Kier molecular flexibility index (Phi) is 2.52. The number of hydrogen-bond donors (Lipinski definition) is 2. The van der Waals surface area contributed by atoms with Crippen LogP contribution >= 0.6 is 0 Å². The predicted octanol–water partition coefficient (Wildman–Crippen LogP) is 3.92. The van der Waals surface area contributed by atoms with Crippen LogP contribution in [0.2, 0.25) is 0 Å². The van der Waals surface area contributed by atoms with Gasteiger partial charge in [0.1, 0.15) is 0 Å². The topological polar surface area (TPSA) is 40.7 Å². The van der Waals surface area contributed by atoms with Crippen LogP contribution in [0.25, 0.3) is 11.0 Å². The van der Waals surface area contributed by atoms with Crippen molar-refractivity contribution in [1.29, 1.82) is 0 Å². The Bertz CT molecular complexity index is 698. The Balaban J connectivity index is 2.01. The third-order valence-corrected chi connectivity index (χ3v) is 3.11. The maximum absolute atomic E-state index is 4.58. The molecule has 18 heavy (non-hydrogen) atoms. The summed E-state index contributed by atoms with van der Waals surface area (Å²) in [5.74, 6) is 0.786. The zero-order valence-electron chi connectivity index (χ0n) is 10.5. The third-order valence-electron chi connectivity index (χ3n) is 3.11. The van der Waals surface area contributed by atoms with Crippen molar-refractivity contribution in [2.45, 2.75) is 13.8 Å². The van der Waals surface area contributed by atoms with Crippen molar-refractivity contribution < 1.29 is 0 Å². The molecule has 0 bridgehead atoms. The molecule has 0 aliphatic heterocycles. The molecular formula is C15H15N3. The molecular weight excluding hydrogens is 222 g/mol. The first-order valence-electron chi connectivity index (χ1n) is 6.02. The number of imidazole rings is 1. The fraction of sp³-hybridized carbons (Fsp3) is 0.133. The summed E-state index contributed by atoms with van der Waals surface area (Å²) < 4.78 is 0. The van der Waals surface area contributed by atoms with E-state index in [9.17, 15) is 0 Å². The zero-order valence-corrected chi connectivity index (χ0v) is 10.5. The second-order valence-corrected chi connectivity index (χ2v) is 4.50. The number of aromatic amines is 1. The second-order valence-electron chi connectivity index (χ2n) is 4.50. The van der Waals surface area contributed by atoms with E-state index in [0.717, 1.165) is 22.7 Å². The number of H-pyrrole nitrogens is 1. The van der Waals surface area contributed by atoms with Crippen LogP contribution in [0.5, 0.6) is 0 Å². The van der Waals surface area contributed by atoms with Gasteiger partial charge in [0.2, 0.25) is 5.95 Å². The van der Waals surface area contributed by atoms with Gasteiger partial charge in [-0.05, 0) is 37.1 Å². The Morgan fingerprint density at radius 2 is 1.72 bits per heavy atom. The summed E-state index contributed by atoms with van der Waals surface area (Å²) in [6.07, 6.45) is 0. The van der Waals surface area contributed by atoms with Crippen molar-refractivity contribution in [3.05, 3.63) is 53.6 Å². The number of benzene rings is 2. The molecule has 1 heterocycles. The molecule has 0 saturated carbocycles. The molecule has 0 fully saturated rings. The van der Waals surface area contributed by atoms with Crippen LogP contribution in [-0.4, -0.2) is 9.97 Å². The molecule has 0 amide bonds. The quantitative estimate of drug-likeness (QED) is 0.709. The molecule has 3 aromatic rings. The van der Waals surface area contributed by atoms with Crippen LogP contribution in [0.15, 0.2) is 42.5 Å². The van der Waals surface area contributed by atoms with E-state index >= 15 is 0 Å². The van der Waals surface area contributed by atoms with Crippen molar-refractivity contribution >= 4 is 22.7 Å². The van der Waals surface area contributed by atoms with Crippen LogP contribution in [0, 0.1) is 13.8 Å². The van der Waals surface area contributed by atoms with Gasteiger partial charge in [0.25, 0.3) is 0 Å². The average Bonchev–Trinajstić information content (AvgIpc) is 2.76. The molecule has 0 aliphatic rings. The predicted molar refractivity (Wildman–Crippen MR) is 75.3 cm³/mol. The van der Waals surface area contributed by atoms with Crippen molar-refractivity contribution in [1.82, 2.24) is 9.97 Å². The minimum absolute atomic E-state index is 0.786. The summed E-state index contributed by atoms with van der Waals surface area (Å²) in [6, 6.07) is 14.3. The number of fused-ring (bicyclic) bond motifs is 1. The highest BCUT2D eigenvalue weighted by Gasteiger charge is 2.05. The van der Waals surface area contributed by atoms with E-state index in [-0.39, 0.29) is 0 Å². The summed E-state index contributed by atoms with van der Waals surface area (Å²) in [6.45, 7) is 4.15. The van der Waals surface area contributed by atoms with Crippen molar-refractivity contribution in [3.8, 4) is 0 Å². The van der Waals surface area contributed by atoms with Crippen LogP contribution in [0.1, 0.15) is 11.1 Å². The summed E-state index contributed by atoms with van der Waals surface area (Å²) in [5, 5.41) is 3.32. The number of nitrogens with one attached hydrogen (secondary N) is 2. The van der Waals surface area contributed by atoms with Gasteiger partial charge in [-0.25, -0.2) is 4.98 Å². The van der Waals surface area contributed by atoms with Crippen LogP contribution < -0.4 is 5.32 Å². The van der Waals surface area contributed by atoms with Crippen LogP contribution in [0.4, 0.5) is 11.6 Å². The Morgan fingerprint density at radius 3 is 2.50 bits per heavy atom. The fourth-order valence-electron chi connectivity index (χ4n) is 2.08. The molecule has 0 saturated heterocycles. The minimum atomic E-state index is 0.786. The molecule has 0 spiro atoms. The summed E-state index contributed by atoms with van der Waals surface area (Å²) in [4.78, 5) is 7.87. The lowest BCUT2D eigenvalue weighted by atomic mass is 10.2. The highest BCUT2D eigenvalue weighted by atomic mass is 15.1. The molecule has 2 N–H and O–H groups in total. The lowest BCUT2D eigenvalue weighted by Crippen LogP contribution is -1.94. The molecule has 3 heteroatoms. The average molecular weight is 237 g/mol. The van der Waals surface area contributed by atoms with E-state index < -0.39 is 0 Å². The van der Waals surface area contributed by atoms with E-state index in [4.69, 9.17) is 0 Å². The van der Waals surface area contributed by atoms with Crippen LogP contribution in [-0.2, 0) is 0 Å². The van der Waals surface area contributed by atoms with E-state index in [1.165, 1.54) is 11.1 Å². The number of hydrogen-bond acceptors (Lipinski definition) is 2. The first-order valence-corrected chi connectivity index (χ1v) is 6.02. The molecule has 0 atom stereocenters. The van der Waals surface area contributed by atoms with Crippen molar-refractivity contribution in [3.63, 3.8) is 0 Å². The van der Waals surface area contributed by atoms with Gasteiger partial charge in [0.15, 0.2) is 0 Å². The number of nitrogens with zero attached hydrogens (tertiary/aromatic N) is 1. The van der Waals surface area contributed by atoms with E-state index in [1.807, 2.05) is 24.3 Å². The molecule has 3 nitrogen and oxygen atoms in total. The summed E-state index contributed by atoms with van der Waals surface area (Å²) in [7, 11) is 0. The number of aromatic nitrogens is 2. The number of anilines is 2. The normalized spacial score (nSPS) is 10.8. The van der Waals surface area contributed by atoms with Crippen LogP contribution in [0.3, 0.4) is 0 Å². The van der Waals surface area contributed by atoms with Gasteiger partial charge in [-0.2, -0.15) is 0 Å². The van der Waals surface area contributed by atoms with E-state index in [0.29, 0.717) is 0 Å². The second kappa shape index (κ2) is 4.18. The summed E-state index contributed by atoms with van der Waals surface area (Å²) in [5.41, 5.74) is 5.55. The first-order chi connectivity index (χ1) is 8.74. The van der Waals surface area contributed by atoms with Gasteiger partial charge in [0, 0.05) is 5.69 Å². The van der Waals surface area contributed by atoms with Gasteiger partial charge in [-0.1, -0.05) is 30.3 Å². The monoisotopic (exact) mass is 237 g/mol. The first kappa shape index (κ1) is 10.8. The SMILES string of the molecule is Cc1ccccc1Nc1nc2c(C)cccc2[nH]1. The molecule has 3 rings (SSSR count). The Morgan fingerprint density at radius 1 is 0.944 bits per heavy atom. The maximum atomic E-state index is 4.58. The fourth-order valence-corrected chi connectivity index (χ4v) is 2.08.